The van der Waals surface area contributed by atoms with E-state index in [1.165, 1.54) is 42.3 Å². The average molecular weight is 453 g/mol. The smallest absolute Gasteiger partial charge is 0.325 e. The highest BCUT2D eigenvalue weighted by Crippen LogP contribution is 2.25. The van der Waals surface area contributed by atoms with Crippen LogP contribution < -0.4 is 4.31 Å². The lowest BCUT2D eigenvalue weighted by Gasteiger charge is -2.26. The van der Waals surface area contributed by atoms with Crippen molar-refractivity contribution in [2.75, 3.05) is 24.5 Å². The maximum absolute atomic E-state index is 13.1. The van der Waals surface area contributed by atoms with Gasteiger partial charge in [0.2, 0.25) is 0 Å². The number of amides is 1. The number of carbonyl (C=O) groups excluding carboxylic acids is 2. The first-order chi connectivity index (χ1) is 14.1. The Hall–Kier alpha value is -2.58. The Bertz CT molecular complexity index is 1020. The fourth-order valence-corrected chi connectivity index (χ4v) is 4.18. The number of rotatable bonds is 8. The van der Waals surface area contributed by atoms with Gasteiger partial charge in [-0.05, 0) is 57.2 Å². The molecule has 30 heavy (non-hydrogen) atoms. The fourth-order valence-electron chi connectivity index (χ4n) is 2.76. The van der Waals surface area contributed by atoms with Gasteiger partial charge in [0.25, 0.3) is 15.9 Å². The van der Waals surface area contributed by atoms with E-state index < -0.39 is 21.9 Å². The SMILES string of the molecule is CCOC(=O)CN(C(=O)c1cccc(S(=O)(=O)N(C)c2cccc(Cl)c2)c1)C(C)C. The topological polar surface area (TPSA) is 84.0 Å². The maximum atomic E-state index is 13.1. The van der Waals surface area contributed by atoms with Gasteiger partial charge in [0, 0.05) is 23.7 Å². The molecule has 2 aromatic rings. The summed E-state index contributed by atoms with van der Waals surface area (Å²) in [4.78, 5) is 26.1. The van der Waals surface area contributed by atoms with Crippen LogP contribution in [0.15, 0.2) is 53.4 Å². The van der Waals surface area contributed by atoms with Crippen LogP contribution in [0, 0.1) is 0 Å². The zero-order chi connectivity index (χ0) is 22.5. The highest BCUT2D eigenvalue weighted by atomic mass is 35.5. The highest BCUT2D eigenvalue weighted by molar-refractivity contribution is 7.92. The maximum Gasteiger partial charge on any atom is 0.325 e. The number of sulfonamides is 1. The minimum absolute atomic E-state index is 0.0457. The minimum Gasteiger partial charge on any atom is -0.465 e. The molecule has 0 saturated carbocycles. The van der Waals surface area contributed by atoms with Crippen molar-refractivity contribution in [2.24, 2.45) is 0 Å². The summed E-state index contributed by atoms with van der Waals surface area (Å²) in [5, 5.41) is 0.407. The molecule has 0 aliphatic heterocycles. The number of nitrogens with zero attached hydrogens (tertiary/aromatic N) is 2. The number of carbonyl (C=O) groups is 2. The molecule has 0 aliphatic carbocycles. The molecular weight excluding hydrogens is 428 g/mol. The van der Waals surface area contributed by atoms with Crippen molar-refractivity contribution in [3.05, 3.63) is 59.1 Å². The fraction of sp³-hybridized carbons (Fsp3) is 0.333. The lowest BCUT2D eigenvalue weighted by Crippen LogP contribution is -2.41. The minimum atomic E-state index is -3.93. The van der Waals surface area contributed by atoms with Crippen molar-refractivity contribution in [1.29, 1.82) is 0 Å². The first kappa shape index (κ1) is 23.7. The second-order valence-electron chi connectivity index (χ2n) is 6.81. The van der Waals surface area contributed by atoms with Crippen LogP contribution in [0.1, 0.15) is 31.1 Å². The molecule has 7 nitrogen and oxygen atoms in total. The molecule has 0 fully saturated rings. The van der Waals surface area contributed by atoms with E-state index in [0.717, 1.165) is 4.31 Å². The number of esters is 1. The first-order valence-electron chi connectivity index (χ1n) is 9.39. The van der Waals surface area contributed by atoms with Gasteiger partial charge in [0.15, 0.2) is 0 Å². The Labute approximate surface area is 182 Å². The molecule has 0 atom stereocenters. The Morgan fingerprint density at radius 2 is 1.77 bits per heavy atom. The molecule has 2 aromatic carbocycles. The zero-order valence-electron chi connectivity index (χ0n) is 17.3. The molecule has 0 N–H and O–H groups in total. The summed E-state index contributed by atoms with van der Waals surface area (Å²) < 4.78 is 32.2. The molecule has 1 amide bonds. The molecule has 0 spiro atoms. The number of halogens is 1. The second kappa shape index (κ2) is 9.95. The van der Waals surface area contributed by atoms with Crippen LogP contribution in [0.3, 0.4) is 0 Å². The second-order valence-corrected chi connectivity index (χ2v) is 9.22. The van der Waals surface area contributed by atoms with Gasteiger partial charge in [-0.2, -0.15) is 0 Å². The standard InChI is InChI=1S/C21H25ClN2O5S/c1-5-29-20(25)14-24(15(2)3)21(26)16-8-6-11-19(12-16)30(27,28)23(4)18-10-7-9-17(22)13-18/h6-13,15H,5,14H2,1-4H3. The van der Waals surface area contributed by atoms with Crippen LogP contribution in [0.2, 0.25) is 5.02 Å². The van der Waals surface area contributed by atoms with E-state index in [1.807, 2.05) is 0 Å². The lowest BCUT2D eigenvalue weighted by atomic mass is 10.1. The normalized spacial score (nSPS) is 11.3. The van der Waals surface area contributed by atoms with Crippen molar-refractivity contribution >= 4 is 39.2 Å². The summed E-state index contributed by atoms with van der Waals surface area (Å²) in [6.07, 6.45) is 0. The van der Waals surface area contributed by atoms with Crippen molar-refractivity contribution in [1.82, 2.24) is 4.90 Å². The average Bonchev–Trinajstić information content (AvgIpc) is 2.71. The van der Waals surface area contributed by atoms with Gasteiger partial charge in [-0.1, -0.05) is 23.7 Å². The Balaban J connectivity index is 2.35. The molecule has 0 radical (unpaired) electrons. The van der Waals surface area contributed by atoms with E-state index >= 15 is 0 Å². The van der Waals surface area contributed by atoms with E-state index in [-0.39, 0.29) is 29.7 Å². The predicted octanol–water partition coefficient (Wildman–Crippen LogP) is 3.58. The van der Waals surface area contributed by atoms with Gasteiger partial charge >= 0.3 is 5.97 Å². The van der Waals surface area contributed by atoms with Crippen molar-refractivity contribution in [3.8, 4) is 0 Å². The summed E-state index contributed by atoms with van der Waals surface area (Å²) in [6.45, 7) is 5.21. The van der Waals surface area contributed by atoms with E-state index in [9.17, 15) is 18.0 Å². The lowest BCUT2D eigenvalue weighted by molar-refractivity contribution is -0.144. The monoisotopic (exact) mass is 452 g/mol. The molecule has 0 saturated heterocycles. The van der Waals surface area contributed by atoms with E-state index in [0.29, 0.717) is 10.7 Å². The third-order valence-corrected chi connectivity index (χ3v) is 6.42. The number of benzene rings is 2. The van der Waals surface area contributed by atoms with E-state index in [4.69, 9.17) is 16.3 Å². The number of ether oxygens (including phenoxy) is 1. The Kier molecular flexibility index (Phi) is 7.86. The summed E-state index contributed by atoms with van der Waals surface area (Å²) >= 11 is 5.97. The molecule has 0 unspecified atom stereocenters. The van der Waals surface area contributed by atoms with Crippen LogP contribution in [-0.2, 0) is 19.6 Å². The zero-order valence-corrected chi connectivity index (χ0v) is 18.9. The van der Waals surface area contributed by atoms with Crippen molar-refractivity contribution < 1.29 is 22.7 Å². The summed E-state index contributed by atoms with van der Waals surface area (Å²) in [7, 11) is -2.52. The summed E-state index contributed by atoms with van der Waals surface area (Å²) in [6, 6.07) is 11.9. The number of hydrogen-bond donors (Lipinski definition) is 0. The summed E-state index contributed by atoms with van der Waals surface area (Å²) in [5.74, 6) is -0.982. The Morgan fingerprint density at radius 1 is 1.10 bits per heavy atom. The van der Waals surface area contributed by atoms with Gasteiger partial charge in [-0.15, -0.1) is 0 Å². The molecule has 0 bridgehead atoms. The van der Waals surface area contributed by atoms with Crippen molar-refractivity contribution in [3.63, 3.8) is 0 Å². The predicted molar refractivity (Wildman–Crippen MR) is 116 cm³/mol. The van der Waals surface area contributed by atoms with Crippen LogP contribution in [0.5, 0.6) is 0 Å². The quantitative estimate of drug-likeness (QED) is 0.571. The van der Waals surface area contributed by atoms with Gasteiger partial charge < -0.3 is 9.64 Å². The molecule has 0 aromatic heterocycles. The molecule has 0 aliphatic rings. The van der Waals surface area contributed by atoms with Gasteiger partial charge in [-0.3, -0.25) is 13.9 Å². The van der Waals surface area contributed by atoms with Crippen LogP contribution in [-0.4, -0.2) is 51.4 Å². The largest absolute Gasteiger partial charge is 0.465 e. The molecule has 9 heteroatoms. The molecule has 0 heterocycles. The number of anilines is 1. The number of hydrogen-bond acceptors (Lipinski definition) is 5. The van der Waals surface area contributed by atoms with Gasteiger partial charge in [0.1, 0.15) is 6.54 Å². The van der Waals surface area contributed by atoms with Gasteiger partial charge in [0.05, 0.1) is 17.2 Å². The molecular formula is C21H25ClN2O5S. The van der Waals surface area contributed by atoms with Gasteiger partial charge in [-0.25, -0.2) is 8.42 Å². The van der Waals surface area contributed by atoms with Crippen molar-refractivity contribution in [2.45, 2.75) is 31.7 Å². The first-order valence-corrected chi connectivity index (χ1v) is 11.2. The highest BCUT2D eigenvalue weighted by Gasteiger charge is 2.26. The van der Waals surface area contributed by atoms with Crippen LogP contribution in [0.25, 0.3) is 0 Å². The Morgan fingerprint density at radius 3 is 2.37 bits per heavy atom. The van der Waals surface area contributed by atoms with E-state index in [1.54, 1.807) is 39.0 Å². The third kappa shape index (κ3) is 5.52. The third-order valence-electron chi connectivity index (χ3n) is 4.40. The van der Waals surface area contributed by atoms with Crippen LogP contribution >= 0.6 is 11.6 Å². The van der Waals surface area contributed by atoms with E-state index in [2.05, 4.69) is 0 Å². The summed E-state index contributed by atoms with van der Waals surface area (Å²) in [5.41, 5.74) is 0.555. The van der Waals surface area contributed by atoms with Crippen LogP contribution in [0.4, 0.5) is 5.69 Å². The molecule has 162 valence electrons. The molecule has 2 rings (SSSR count).